The Labute approximate surface area is 205 Å². The van der Waals surface area contributed by atoms with Crippen LogP contribution in [0.1, 0.15) is 25.3 Å². The molecule has 3 aromatic heterocycles. The molecule has 1 aliphatic heterocycles. The zero-order chi connectivity index (χ0) is 25.7. The monoisotopic (exact) mass is 514 g/mol. The molecule has 0 amide bonds. The minimum absolute atomic E-state index is 0.288. The third-order valence-corrected chi connectivity index (χ3v) is 7.81. The average Bonchev–Trinajstić information content (AvgIpc) is 3.44. The van der Waals surface area contributed by atoms with Crippen molar-refractivity contribution in [3.05, 3.63) is 54.4 Å². The second-order valence-corrected chi connectivity index (χ2v) is 10.4. The Morgan fingerprint density at radius 1 is 1.17 bits per heavy atom. The molecule has 1 N–H and O–H groups in total. The first-order chi connectivity index (χ1) is 17.1. The molecule has 1 fully saturated rings. The topological polar surface area (TPSA) is 104 Å². The molecule has 8 nitrogen and oxygen atoms in total. The van der Waals surface area contributed by atoms with Gasteiger partial charge in [-0.2, -0.15) is 23.2 Å². The lowest BCUT2D eigenvalue weighted by Gasteiger charge is -2.18. The first kappa shape index (κ1) is 24.0. The summed E-state index contributed by atoms with van der Waals surface area (Å²) in [5, 5.41) is 10.7. The number of alkyl halides is 3. The second-order valence-electron chi connectivity index (χ2n) is 8.64. The van der Waals surface area contributed by atoms with E-state index < -0.39 is 27.1 Å². The van der Waals surface area contributed by atoms with Crippen LogP contribution in [-0.4, -0.2) is 48.3 Å². The van der Waals surface area contributed by atoms with Gasteiger partial charge in [-0.05, 0) is 50.1 Å². The number of hydrogen-bond acceptors (Lipinski definition) is 6. The molecule has 2 aliphatic rings. The molecule has 0 radical (unpaired) electrons. The van der Waals surface area contributed by atoms with Crippen LogP contribution in [-0.2, 0) is 10.0 Å². The predicted octanol–water partition coefficient (Wildman–Crippen LogP) is 4.21. The summed E-state index contributed by atoms with van der Waals surface area (Å²) in [6, 6.07) is 4.45. The summed E-state index contributed by atoms with van der Waals surface area (Å²) in [4.78, 5) is 10.7. The lowest BCUT2D eigenvalue weighted by Crippen LogP contribution is -2.42. The zero-order valence-electron chi connectivity index (χ0n) is 19.1. The van der Waals surface area contributed by atoms with Crippen molar-refractivity contribution in [1.29, 1.82) is 5.26 Å². The number of rotatable bonds is 6. The second kappa shape index (κ2) is 8.76. The third kappa shape index (κ3) is 4.14. The van der Waals surface area contributed by atoms with Crippen molar-refractivity contribution in [3.63, 3.8) is 0 Å². The predicted molar refractivity (Wildman–Crippen MR) is 128 cm³/mol. The number of sulfonamides is 1. The van der Waals surface area contributed by atoms with Crippen LogP contribution in [0.2, 0.25) is 0 Å². The number of aromatic nitrogens is 3. The van der Waals surface area contributed by atoms with Crippen molar-refractivity contribution in [1.82, 2.24) is 19.3 Å². The molecule has 1 saturated heterocycles. The van der Waals surface area contributed by atoms with Gasteiger partial charge in [0.1, 0.15) is 22.7 Å². The van der Waals surface area contributed by atoms with Gasteiger partial charge in [-0.1, -0.05) is 6.08 Å². The maximum Gasteiger partial charge on any atom is 0.404 e. The van der Waals surface area contributed by atoms with Gasteiger partial charge in [0.2, 0.25) is 10.0 Å². The SMILES string of the molecule is C[C@@H](NS(=O)(=O)c1ccc(-c2c(C#N)c3cc(N4CCCC4)cnc3n2C2=CC=C2)nc1)C(F)(F)F. The molecule has 0 bridgehead atoms. The molecule has 12 heteroatoms. The smallest absolute Gasteiger partial charge is 0.370 e. The lowest BCUT2D eigenvalue weighted by atomic mass is 10.1. The van der Waals surface area contributed by atoms with Crippen molar-refractivity contribution < 1.29 is 21.6 Å². The molecule has 0 spiro atoms. The van der Waals surface area contributed by atoms with Gasteiger partial charge in [0.25, 0.3) is 0 Å². The molecule has 4 heterocycles. The fourth-order valence-corrected chi connectivity index (χ4v) is 5.46. The minimum atomic E-state index is -4.73. The van der Waals surface area contributed by atoms with Gasteiger partial charge in [-0.3, -0.25) is 9.55 Å². The molecule has 5 rings (SSSR count). The zero-order valence-corrected chi connectivity index (χ0v) is 19.9. The highest BCUT2D eigenvalue weighted by atomic mass is 32.2. The van der Waals surface area contributed by atoms with Crippen molar-refractivity contribution in [2.45, 2.75) is 36.9 Å². The molecule has 0 aromatic carbocycles. The summed E-state index contributed by atoms with van der Waals surface area (Å²) in [6.45, 7) is 2.55. The summed E-state index contributed by atoms with van der Waals surface area (Å²) in [6.07, 6.45) is 5.74. The van der Waals surface area contributed by atoms with Gasteiger partial charge < -0.3 is 4.90 Å². The number of hydrogen-bond donors (Lipinski definition) is 1. The summed E-state index contributed by atoms with van der Waals surface area (Å²) < 4.78 is 66.9. The Morgan fingerprint density at radius 2 is 1.89 bits per heavy atom. The fourth-order valence-electron chi connectivity index (χ4n) is 4.29. The summed E-state index contributed by atoms with van der Waals surface area (Å²) in [7, 11) is -4.46. The van der Waals surface area contributed by atoms with E-state index in [4.69, 9.17) is 0 Å². The number of nitrogens with zero attached hydrogens (tertiary/aromatic N) is 5. The Hall–Kier alpha value is -3.69. The quantitative estimate of drug-likeness (QED) is 0.529. The molecule has 0 unspecified atom stereocenters. The van der Waals surface area contributed by atoms with Gasteiger partial charge in [0.05, 0.1) is 28.8 Å². The van der Waals surface area contributed by atoms with Crippen LogP contribution < -0.4 is 9.62 Å². The van der Waals surface area contributed by atoms with E-state index in [1.165, 1.54) is 12.1 Å². The van der Waals surface area contributed by atoms with Gasteiger partial charge >= 0.3 is 6.18 Å². The van der Waals surface area contributed by atoms with E-state index in [0.717, 1.165) is 50.4 Å². The van der Waals surface area contributed by atoms with E-state index in [9.17, 15) is 26.9 Å². The highest BCUT2D eigenvalue weighted by Crippen LogP contribution is 2.38. The highest BCUT2D eigenvalue weighted by molar-refractivity contribution is 7.89. The number of halogens is 3. The normalized spacial score (nSPS) is 16.6. The Kier molecular flexibility index (Phi) is 5.84. The molecule has 186 valence electrons. The van der Waals surface area contributed by atoms with E-state index in [1.54, 1.807) is 15.5 Å². The molecular formula is C24H21F3N6O2S. The Balaban J connectivity index is 1.59. The number of nitrogens with one attached hydrogen (secondary N) is 1. The number of fused-ring (bicyclic) bond motifs is 1. The standard InChI is InChI=1S/C24H21F3N6O2S/c1-15(24(25,26)27)31-36(34,35)18-7-8-21(29-14-18)22-20(12-28)19-11-17(32-9-2-3-10-32)13-30-23(19)33(22)16-5-4-6-16/h4-8,11,13-15,31H,2-3,9-10H2,1H3/t15-/m1/s1. The van der Waals surface area contributed by atoms with Gasteiger partial charge in [-0.25, -0.2) is 13.4 Å². The maximum absolute atomic E-state index is 12.9. The molecular weight excluding hydrogens is 493 g/mol. The Bertz CT molecular complexity index is 1540. The third-order valence-electron chi connectivity index (χ3n) is 6.28. The average molecular weight is 515 g/mol. The van der Waals surface area contributed by atoms with Gasteiger partial charge in [-0.15, -0.1) is 0 Å². The van der Waals surface area contributed by atoms with E-state index in [2.05, 4.69) is 20.9 Å². The van der Waals surface area contributed by atoms with Crippen molar-refractivity contribution >= 4 is 32.4 Å². The molecule has 36 heavy (non-hydrogen) atoms. The van der Waals surface area contributed by atoms with E-state index in [1.807, 2.05) is 24.3 Å². The van der Waals surface area contributed by atoms with E-state index in [0.29, 0.717) is 22.3 Å². The molecule has 1 atom stereocenters. The van der Waals surface area contributed by atoms with Crippen molar-refractivity contribution in [3.8, 4) is 17.5 Å². The number of allylic oxidation sites excluding steroid dienone is 4. The molecule has 1 aliphatic carbocycles. The molecule has 0 saturated carbocycles. The molecule has 3 aromatic rings. The van der Waals surface area contributed by atoms with Crippen LogP contribution in [0.5, 0.6) is 0 Å². The van der Waals surface area contributed by atoms with Crippen LogP contribution in [0.4, 0.5) is 18.9 Å². The summed E-state index contributed by atoms with van der Waals surface area (Å²) >= 11 is 0. The minimum Gasteiger partial charge on any atom is -0.370 e. The first-order valence-electron chi connectivity index (χ1n) is 11.2. The van der Waals surface area contributed by atoms with Crippen LogP contribution in [0.3, 0.4) is 0 Å². The Morgan fingerprint density at radius 3 is 2.44 bits per heavy atom. The van der Waals surface area contributed by atoms with Gasteiger partial charge in [0.15, 0.2) is 0 Å². The van der Waals surface area contributed by atoms with E-state index >= 15 is 0 Å². The van der Waals surface area contributed by atoms with Crippen LogP contribution in [0.15, 0.2) is 53.7 Å². The maximum atomic E-state index is 12.9. The number of pyridine rings is 2. The van der Waals surface area contributed by atoms with E-state index in [-0.39, 0.29) is 5.69 Å². The highest BCUT2D eigenvalue weighted by Gasteiger charge is 2.39. The summed E-state index contributed by atoms with van der Waals surface area (Å²) in [5.74, 6) is 0. The summed E-state index contributed by atoms with van der Waals surface area (Å²) in [5.41, 5.74) is 3.28. The fraction of sp³-hybridized carbons (Fsp3) is 0.292. The number of anilines is 1. The largest absolute Gasteiger partial charge is 0.404 e. The van der Waals surface area contributed by atoms with Crippen LogP contribution in [0, 0.1) is 11.3 Å². The first-order valence-corrected chi connectivity index (χ1v) is 12.7. The van der Waals surface area contributed by atoms with Crippen LogP contribution >= 0.6 is 0 Å². The van der Waals surface area contributed by atoms with Crippen molar-refractivity contribution in [2.24, 2.45) is 0 Å². The van der Waals surface area contributed by atoms with Gasteiger partial charge in [0, 0.05) is 30.4 Å². The number of nitriles is 1. The van der Waals surface area contributed by atoms with Crippen LogP contribution in [0.25, 0.3) is 28.1 Å². The van der Waals surface area contributed by atoms with Crippen molar-refractivity contribution in [2.75, 3.05) is 18.0 Å². The lowest BCUT2D eigenvalue weighted by molar-refractivity contribution is -0.147.